The maximum atomic E-state index is 15.3. The summed E-state index contributed by atoms with van der Waals surface area (Å²) in [5.74, 6) is -1.40. The molecule has 2 aliphatic heterocycles. The normalized spacial score (nSPS) is 25.1. The Morgan fingerprint density at radius 3 is 2.34 bits per heavy atom. The number of ether oxygens (including phenoxy) is 1. The van der Waals surface area contributed by atoms with Crippen molar-refractivity contribution in [2.24, 2.45) is 0 Å². The van der Waals surface area contributed by atoms with Crippen LogP contribution in [0.3, 0.4) is 0 Å². The molecule has 2 saturated heterocycles. The molecule has 0 aromatic heterocycles. The highest BCUT2D eigenvalue weighted by molar-refractivity contribution is 7.89. The van der Waals surface area contributed by atoms with Gasteiger partial charge >= 0.3 is 0 Å². The van der Waals surface area contributed by atoms with Gasteiger partial charge in [-0.3, -0.25) is 0 Å². The minimum absolute atomic E-state index is 0.0271. The van der Waals surface area contributed by atoms with Crippen LogP contribution in [0.25, 0.3) is 0 Å². The zero-order valence-electron chi connectivity index (χ0n) is 20.4. The SMILES string of the molecule is CC1CCC(c2ccccc2)S(=O)(=O)N1Cc1cc(F)c(C2(NS(=O)C(C)(C)C)COC2)cc1F. The van der Waals surface area contributed by atoms with Gasteiger partial charge in [0.15, 0.2) is 0 Å². The number of nitrogens with zero attached hydrogens (tertiary/aromatic N) is 1. The molecule has 0 saturated carbocycles. The van der Waals surface area contributed by atoms with E-state index in [1.807, 2.05) is 6.07 Å². The summed E-state index contributed by atoms with van der Waals surface area (Å²) < 4.78 is 79.2. The molecule has 4 rings (SSSR count). The fourth-order valence-electron chi connectivity index (χ4n) is 4.50. The molecule has 1 N–H and O–H groups in total. The summed E-state index contributed by atoms with van der Waals surface area (Å²) in [6, 6.07) is 10.8. The topological polar surface area (TPSA) is 75.7 Å². The van der Waals surface area contributed by atoms with Crippen LogP contribution in [0.15, 0.2) is 42.5 Å². The lowest BCUT2D eigenvalue weighted by Crippen LogP contribution is -2.60. The van der Waals surface area contributed by atoms with Gasteiger partial charge in [0.1, 0.15) is 22.4 Å². The highest BCUT2D eigenvalue weighted by Crippen LogP contribution is 2.39. The first-order valence-corrected chi connectivity index (χ1v) is 14.3. The molecular formula is C25H32F2N2O4S2. The first-order valence-electron chi connectivity index (χ1n) is 11.7. The van der Waals surface area contributed by atoms with E-state index in [4.69, 9.17) is 4.74 Å². The summed E-state index contributed by atoms with van der Waals surface area (Å²) in [5, 5.41) is -0.723. The molecule has 2 heterocycles. The minimum atomic E-state index is -3.79. The molecule has 192 valence electrons. The van der Waals surface area contributed by atoms with Gasteiger partial charge in [0.05, 0.1) is 28.9 Å². The summed E-state index contributed by atoms with van der Waals surface area (Å²) in [5.41, 5.74) is -0.428. The van der Waals surface area contributed by atoms with Gasteiger partial charge in [-0.15, -0.1) is 0 Å². The number of halogens is 2. The van der Waals surface area contributed by atoms with E-state index in [0.717, 1.165) is 12.1 Å². The molecule has 6 nitrogen and oxygen atoms in total. The molecule has 10 heteroatoms. The van der Waals surface area contributed by atoms with Gasteiger partial charge in [0, 0.05) is 23.7 Å². The first-order chi connectivity index (χ1) is 16.3. The van der Waals surface area contributed by atoms with E-state index >= 15 is 8.78 Å². The largest absolute Gasteiger partial charge is 0.377 e. The van der Waals surface area contributed by atoms with E-state index in [1.54, 1.807) is 52.0 Å². The molecule has 35 heavy (non-hydrogen) atoms. The van der Waals surface area contributed by atoms with Crippen LogP contribution in [-0.4, -0.2) is 40.9 Å². The number of sulfonamides is 1. The van der Waals surface area contributed by atoms with Crippen LogP contribution in [0.5, 0.6) is 0 Å². The number of rotatable bonds is 6. The van der Waals surface area contributed by atoms with Gasteiger partial charge in [0.2, 0.25) is 10.0 Å². The second-order valence-corrected chi connectivity index (χ2v) is 14.4. The third-order valence-corrected chi connectivity index (χ3v) is 10.8. The van der Waals surface area contributed by atoms with Gasteiger partial charge in [-0.25, -0.2) is 26.1 Å². The predicted molar refractivity (Wildman–Crippen MR) is 132 cm³/mol. The van der Waals surface area contributed by atoms with E-state index < -0.39 is 48.2 Å². The summed E-state index contributed by atoms with van der Waals surface area (Å²) in [4.78, 5) is 0. The van der Waals surface area contributed by atoms with Crippen LogP contribution in [-0.2, 0) is 37.8 Å². The number of benzene rings is 2. The highest BCUT2D eigenvalue weighted by atomic mass is 32.2. The molecular weight excluding hydrogens is 494 g/mol. The molecule has 0 radical (unpaired) electrons. The first kappa shape index (κ1) is 26.3. The van der Waals surface area contributed by atoms with E-state index in [9.17, 15) is 12.6 Å². The fourth-order valence-corrected chi connectivity index (χ4v) is 7.58. The average Bonchev–Trinajstić information content (AvgIpc) is 2.75. The lowest BCUT2D eigenvalue weighted by Gasteiger charge is -2.43. The van der Waals surface area contributed by atoms with Gasteiger partial charge < -0.3 is 4.74 Å². The van der Waals surface area contributed by atoms with Crippen LogP contribution in [0.1, 0.15) is 62.5 Å². The van der Waals surface area contributed by atoms with Crippen LogP contribution in [0.2, 0.25) is 0 Å². The average molecular weight is 527 g/mol. The van der Waals surface area contributed by atoms with Crippen molar-refractivity contribution >= 4 is 21.0 Å². The zero-order valence-corrected chi connectivity index (χ0v) is 22.0. The van der Waals surface area contributed by atoms with Crippen LogP contribution in [0, 0.1) is 11.6 Å². The fraction of sp³-hybridized carbons (Fsp3) is 0.520. The molecule has 2 aromatic rings. The second-order valence-electron chi connectivity index (χ2n) is 10.4. The standard InChI is InChI=1S/C25H32F2N2O4S2/c1-17-10-11-23(18-8-6-5-7-9-18)35(31,32)29(17)14-19-12-22(27)20(13-21(19)26)25(15-33-16-25)28-34(30)24(2,3)4/h5-9,12-13,17,23,28H,10-11,14-16H2,1-4H3. The maximum absolute atomic E-state index is 15.3. The molecule has 3 atom stereocenters. The van der Waals surface area contributed by atoms with E-state index in [2.05, 4.69) is 4.72 Å². The van der Waals surface area contributed by atoms with Crippen molar-refractivity contribution in [3.8, 4) is 0 Å². The van der Waals surface area contributed by atoms with Crippen molar-refractivity contribution in [1.82, 2.24) is 9.03 Å². The van der Waals surface area contributed by atoms with Crippen molar-refractivity contribution in [3.63, 3.8) is 0 Å². The number of nitrogens with one attached hydrogen (secondary N) is 1. The smallest absolute Gasteiger partial charge is 0.221 e. The summed E-state index contributed by atoms with van der Waals surface area (Å²) in [6.45, 7) is 6.99. The molecule has 2 fully saturated rings. The highest BCUT2D eigenvalue weighted by Gasteiger charge is 2.46. The lowest BCUT2D eigenvalue weighted by molar-refractivity contribution is -0.0677. The van der Waals surface area contributed by atoms with Gasteiger partial charge in [-0.2, -0.15) is 4.31 Å². The molecule has 0 spiro atoms. The van der Waals surface area contributed by atoms with E-state index in [-0.39, 0.29) is 36.9 Å². The third kappa shape index (κ3) is 5.09. The van der Waals surface area contributed by atoms with Crippen molar-refractivity contribution in [1.29, 1.82) is 0 Å². The second kappa shape index (κ2) is 9.63. The van der Waals surface area contributed by atoms with Crippen molar-refractivity contribution in [2.75, 3.05) is 13.2 Å². The van der Waals surface area contributed by atoms with Crippen LogP contribution >= 0.6 is 0 Å². The Kier molecular flexibility index (Phi) is 7.25. The van der Waals surface area contributed by atoms with E-state index in [0.29, 0.717) is 18.4 Å². The maximum Gasteiger partial charge on any atom is 0.221 e. The zero-order chi connectivity index (χ0) is 25.6. The Bertz CT molecular complexity index is 1210. The van der Waals surface area contributed by atoms with Crippen molar-refractivity contribution in [2.45, 2.75) is 68.7 Å². The minimum Gasteiger partial charge on any atom is -0.377 e. The monoisotopic (exact) mass is 526 g/mol. The molecule has 3 unspecified atom stereocenters. The van der Waals surface area contributed by atoms with Gasteiger partial charge in [0.25, 0.3) is 0 Å². The molecule has 2 aromatic carbocycles. The lowest BCUT2D eigenvalue weighted by atomic mass is 9.88. The molecule has 0 bridgehead atoms. The number of hydrogen-bond donors (Lipinski definition) is 1. The number of hydrogen-bond acceptors (Lipinski definition) is 4. The van der Waals surface area contributed by atoms with Gasteiger partial charge in [-0.05, 0) is 58.2 Å². The Hall–Kier alpha value is -1.72. The molecule has 0 aliphatic carbocycles. The molecule has 2 aliphatic rings. The third-order valence-electron chi connectivity index (χ3n) is 6.72. The predicted octanol–water partition coefficient (Wildman–Crippen LogP) is 4.30. The van der Waals surface area contributed by atoms with Gasteiger partial charge in [-0.1, -0.05) is 30.3 Å². The van der Waals surface area contributed by atoms with Crippen LogP contribution < -0.4 is 4.72 Å². The molecule has 0 amide bonds. The van der Waals surface area contributed by atoms with E-state index in [1.165, 1.54) is 4.31 Å². The summed E-state index contributed by atoms with van der Waals surface area (Å²) in [7, 11) is -5.31. The summed E-state index contributed by atoms with van der Waals surface area (Å²) in [6.07, 6.45) is 1.09. The van der Waals surface area contributed by atoms with Crippen molar-refractivity contribution in [3.05, 3.63) is 70.8 Å². The Labute approximate surface area is 208 Å². The Morgan fingerprint density at radius 2 is 1.77 bits per heavy atom. The Morgan fingerprint density at radius 1 is 1.11 bits per heavy atom. The summed E-state index contributed by atoms with van der Waals surface area (Å²) >= 11 is 0. The van der Waals surface area contributed by atoms with Crippen molar-refractivity contribution < 1.29 is 26.1 Å². The quantitative estimate of drug-likeness (QED) is 0.609. The Balaban J connectivity index is 1.63. The van der Waals surface area contributed by atoms with Crippen LogP contribution in [0.4, 0.5) is 8.78 Å².